The van der Waals surface area contributed by atoms with Gasteiger partial charge in [0.05, 0.1) is 14.9 Å². The first-order valence-electron chi connectivity index (χ1n) is 4.30. The van der Waals surface area contributed by atoms with E-state index >= 15 is 0 Å². The zero-order valence-corrected chi connectivity index (χ0v) is 6.86. The predicted octanol–water partition coefficient (Wildman–Crippen LogP) is 1.03. The number of carbonyl (C=O) groups is 1. The van der Waals surface area contributed by atoms with E-state index in [9.17, 15) is 9.90 Å². The van der Waals surface area contributed by atoms with Crippen LogP contribution in [0.25, 0.3) is 0 Å². The van der Waals surface area contributed by atoms with Gasteiger partial charge in [0.1, 0.15) is 0 Å². The van der Waals surface area contributed by atoms with Crippen molar-refractivity contribution in [3.63, 3.8) is 0 Å². The lowest BCUT2D eigenvalue weighted by Gasteiger charge is -2.04. The van der Waals surface area contributed by atoms with Gasteiger partial charge in [-0.1, -0.05) is 6.07 Å². The lowest BCUT2D eigenvalue weighted by molar-refractivity contribution is -0.136. The number of rotatable bonds is 3. The number of aromatic hydroxyl groups is 1. The number of phenols is 1. The van der Waals surface area contributed by atoms with Crippen molar-refractivity contribution >= 4 is 5.97 Å². The molecular formula is C9H10O4. The average molecular weight is 183 g/mol. The maximum absolute atomic E-state index is 10.3. The van der Waals surface area contributed by atoms with Crippen LogP contribution in [0.1, 0.15) is 6.93 Å². The Kier molecular flexibility index (Phi) is 2.31. The first-order valence-corrected chi connectivity index (χ1v) is 3.59. The van der Waals surface area contributed by atoms with E-state index in [1.54, 1.807) is 6.07 Å². The minimum Gasteiger partial charge on any atom is -0.504 e. The van der Waals surface area contributed by atoms with Crippen LogP contribution in [0.5, 0.6) is 11.5 Å². The standard InChI is InChI=1S/C9H10O4/c1-13-8-3-2-6(4-7(8)10)5-9(11)12/h2-4,10H,5H2,1H3,(H,11,12)/i1D. The smallest absolute Gasteiger partial charge is 0.307 e. The van der Waals surface area contributed by atoms with Crippen molar-refractivity contribution in [1.82, 2.24) is 0 Å². The van der Waals surface area contributed by atoms with Gasteiger partial charge in [-0.05, 0) is 17.7 Å². The summed E-state index contributed by atoms with van der Waals surface area (Å²) in [5, 5.41) is 17.8. The zero-order valence-electron chi connectivity index (χ0n) is 7.86. The molecule has 0 aromatic heterocycles. The van der Waals surface area contributed by atoms with E-state index < -0.39 is 5.97 Å². The fourth-order valence-electron chi connectivity index (χ4n) is 0.970. The van der Waals surface area contributed by atoms with Gasteiger partial charge in [-0.25, -0.2) is 0 Å². The van der Waals surface area contributed by atoms with Gasteiger partial charge in [0.2, 0.25) is 0 Å². The highest BCUT2D eigenvalue weighted by Gasteiger charge is 2.04. The van der Waals surface area contributed by atoms with E-state index in [2.05, 4.69) is 0 Å². The highest BCUT2D eigenvalue weighted by molar-refractivity contribution is 5.70. The Hall–Kier alpha value is -1.71. The molecule has 0 aliphatic rings. The van der Waals surface area contributed by atoms with Crippen molar-refractivity contribution in [3.05, 3.63) is 23.8 Å². The van der Waals surface area contributed by atoms with Crippen molar-refractivity contribution in [1.29, 1.82) is 0 Å². The molecule has 1 rings (SSSR count). The van der Waals surface area contributed by atoms with Crippen molar-refractivity contribution < 1.29 is 21.1 Å². The highest BCUT2D eigenvalue weighted by atomic mass is 16.5. The second-order valence-electron chi connectivity index (χ2n) is 2.52. The van der Waals surface area contributed by atoms with E-state index in [1.165, 1.54) is 12.1 Å². The Balaban J connectivity index is 2.83. The van der Waals surface area contributed by atoms with Gasteiger partial charge < -0.3 is 14.9 Å². The molecule has 0 spiro atoms. The Bertz CT molecular complexity index is 338. The van der Waals surface area contributed by atoms with E-state index in [0.29, 0.717) is 5.56 Å². The zero-order chi connectivity index (χ0) is 10.6. The third-order valence-corrected chi connectivity index (χ3v) is 1.53. The van der Waals surface area contributed by atoms with Gasteiger partial charge in [-0.3, -0.25) is 4.79 Å². The summed E-state index contributed by atoms with van der Waals surface area (Å²) in [6.45, 7) is 0. The summed E-state index contributed by atoms with van der Waals surface area (Å²) in [5.41, 5.74) is 0.493. The maximum Gasteiger partial charge on any atom is 0.307 e. The summed E-state index contributed by atoms with van der Waals surface area (Å²) >= 11 is 0. The van der Waals surface area contributed by atoms with Crippen LogP contribution in [0.15, 0.2) is 18.2 Å². The van der Waals surface area contributed by atoms with Crippen molar-refractivity contribution in [3.8, 4) is 11.5 Å². The quantitative estimate of drug-likeness (QED) is 0.734. The maximum atomic E-state index is 10.3. The predicted molar refractivity (Wildman–Crippen MR) is 46.0 cm³/mol. The molecule has 4 nitrogen and oxygen atoms in total. The molecule has 0 amide bonds. The second-order valence-corrected chi connectivity index (χ2v) is 2.52. The molecule has 0 atom stereocenters. The molecule has 0 aliphatic carbocycles. The molecular weight excluding hydrogens is 172 g/mol. The van der Waals surface area contributed by atoms with Crippen molar-refractivity contribution in [2.24, 2.45) is 0 Å². The molecule has 2 N–H and O–H groups in total. The number of phenolic OH excluding ortho intramolecular Hbond substituents is 1. The van der Waals surface area contributed by atoms with Crippen LogP contribution in [0, 0.1) is 0 Å². The minimum absolute atomic E-state index is 0.143. The van der Waals surface area contributed by atoms with Crippen LogP contribution in [-0.4, -0.2) is 23.3 Å². The largest absolute Gasteiger partial charge is 0.504 e. The normalized spacial score (nSPS) is 10.6. The summed E-state index contributed by atoms with van der Waals surface area (Å²) < 4.78 is 11.5. The number of benzene rings is 1. The Morgan fingerprint density at radius 2 is 2.46 bits per heavy atom. The van der Waals surface area contributed by atoms with Crippen LogP contribution in [-0.2, 0) is 11.2 Å². The summed E-state index contributed by atoms with van der Waals surface area (Å²) in [6, 6.07) is 4.31. The molecule has 0 bridgehead atoms. The first kappa shape index (κ1) is 7.91. The van der Waals surface area contributed by atoms with Crippen LogP contribution < -0.4 is 4.74 Å². The summed E-state index contributed by atoms with van der Waals surface area (Å²) in [7, 11) is -0.286. The molecule has 0 unspecified atom stereocenters. The van der Waals surface area contributed by atoms with Crippen LogP contribution in [0.4, 0.5) is 0 Å². The number of carboxylic acids is 1. The van der Waals surface area contributed by atoms with Gasteiger partial charge in [0.15, 0.2) is 11.5 Å². The van der Waals surface area contributed by atoms with E-state index in [1.807, 2.05) is 0 Å². The lowest BCUT2D eigenvalue weighted by atomic mass is 10.1. The van der Waals surface area contributed by atoms with Crippen molar-refractivity contribution in [2.75, 3.05) is 7.09 Å². The number of carboxylic acid groups (broad SMARTS) is 1. The van der Waals surface area contributed by atoms with Crippen LogP contribution in [0.2, 0.25) is 0 Å². The van der Waals surface area contributed by atoms with Gasteiger partial charge in [0, 0.05) is 0 Å². The Labute approximate surface area is 76.8 Å². The molecule has 1 aromatic rings. The van der Waals surface area contributed by atoms with E-state index in [-0.39, 0.29) is 25.0 Å². The van der Waals surface area contributed by atoms with Gasteiger partial charge in [-0.15, -0.1) is 0 Å². The topological polar surface area (TPSA) is 66.8 Å². The van der Waals surface area contributed by atoms with Gasteiger partial charge >= 0.3 is 5.97 Å². The summed E-state index contributed by atoms with van der Waals surface area (Å²) in [5.74, 6) is -0.913. The van der Waals surface area contributed by atoms with E-state index in [4.69, 9.17) is 11.2 Å². The number of aliphatic carboxylic acids is 1. The number of methoxy groups -OCH3 is 1. The molecule has 0 heterocycles. The van der Waals surface area contributed by atoms with Gasteiger partial charge in [0.25, 0.3) is 0 Å². The van der Waals surface area contributed by atoms with E-state index in [0.717, 1.165) is 0 Å². The summed E-state index contributed by atoms with van der Waals surface area (Å²) in [4.78, 5) is 10.3. The Morgan fingerprint density at radius 3 is 3.00 bits per heavy atom. The average Bonchev–Trinajstić information content (AvgIpc) is 2.09. The Morgan fingerprint density at radius 1 is 1.69 bits per heavy atom. The van der Waals surface area contributed by atoms with Gasteiger partial charge in [-0.2, -0.15) is 0 Å². The minimum atomic E-state index is -0.960. The molecule has 4 heteroatoms. The van der Waals surface area contributed by atoms with Crippen LogP contribution in [0.3, 0.4) is 0 Å². The number of hydrogen-bond donors (Lipinski definition) is 2. The fourth-order valence-corrected chi connectivity index (χ4v) is 0.970. The number of ether oxygens (including phenoxy) is 1. The third-order valence-electron chi connectivity index (χ3n) is 1.53. The molecule has 0 saturated heterocycles. The molecule has 0 aliphatic heterocycles. The molecule has 0 fully saturated rings. The monoisotopic (exact) mass is 183 g/mol. The van der Waals surface area contributed by atoms with Crippen molar-refractivity contribution in [2.45, 2.75) is 6.42 Å². The molecule has 13 heavy (non-hydrogen) atoms. The molecule has 1 aromatic carbocycles. The third kappa shape index (κ3) is 2.37. The molecule has 0 radical (unpaired) electrons. The van der Waals surface area contributed by atoms with Crippen LogP contribution >= 0.6 is 0 Å². The molecule has 0 saturated carbocycles. The second kappa shape index (κ2) is 3.80. The fraction of sp³-hybridized carbons (Fsp3) is 0.222. The highest BCUT2D eigenvalue weighted by Crippen LogP contribution is 2.26. The SMILES string of the molecule is [2H]COc1ccc(CC(=O)O)cc1O. The first-order chi connectivity index (χ1) is 6.63. The molecule has 70 valence electrons. The summed E-state index contributed by atoms with van der Waals surface area (Å²) in [6.07, 6.45) is -0.144. The lowest BCUT2D eigenvalue weighted by Crippen LogP contribution is -1.99. The number of hydrogen-bond acceptors (Lipinski definition) is 3.